The van der Waals surface area contributed by atoms with E-state index < -0.39 is 0 Å². The zero-order valence-corrected chi connectivity index (χ0v) is 16.3. The van der Waals surface area contributed by atoms with Crippen molar-refractivity contribution in [1.29, 1.82) is 5.26 Å². The lowest BCUT2D eigenvalue weighted by Crippen LogP contribution is -1.94. The van der Waals surface area contributed by atoms with Crippen LogP contribution < -0.4 is 0 Å². The molecule has 0 aliphatic heterocycles. The third kappa shape index (κ3) is 4.17. The van der Waals surface area contributed by atoms with Crippen molar-refractivity contribution in [2.45, 2.75) is 13.5 Å². The molecule has 0 amide bonds. The van der Waals surface area contributed by atoms with Crippen LogP contribution in [0.2, 0.25) is 0 Å². The van der Waals surface area contributed by atoms with Crippen molar-refractivity contribution in [2.75, 3.05) is 0 Å². The summed E-state index contributed by atoms with van der Waals surface area (Å²) in [7, 11) is 0. The quantitative estimate of drug-likeness (QED) is 0.412. The van der Waals surface area contributed by atoms with E-state index in [0.717, 1.165) is 29.2 Å². The van der Waals surface area contributed by atoms with Gasteiger partial charge in [0.1, 0.15) is 5.82 Å². The molecule has 3 aromatic carbocycles. The number of hydrogen-bond acceptors (Lipinski definition) is 2. The Morgan fingerprint density at radius 2 is 1.48 bits per heavy atom. The highest BCUT2D eigenvalue weighted by molar-refractivity contribution is 5.71. The number of nitrogens with zero attached hydrogens (tertiary/aromatic N) is 3. The first-order chi connectivity index (χ1) is 14.3. The minimum absolute atomic E-state index is 0.655. The summed E-state index contributed by atoms with van der Waals surface area (Å²) in [6.07, 6.45) is 6.19. The van der Waals surface area contributed by atoms with E-state index >= 15 is 0 Å². The monoisotopic (exact) mass is 375 g/mol. The topological polar surface area (TPSA) is 41.6 Å². The average Bonchev–Trinajstić information content (AvgIpc) is 3.22. The molecule has 0 N–H and O–H groups in total. The summed E-state index contributed by atoms with van der Waals surface area (Å²) in [6, 6.07) is 28.6. The molecule has 0 atom stereocenters. The van der Waals surface area contributed by atoms with E-state index in [-0.39, 0.29) is 0 Å². The molecule has 0 saturated heterocycles. The Bertz CT molecular complexity index is 1160. The number of benzene rings is 3. The van der Waals surface area contributed by atoms with Gasteiger partial charge in [0.15, 0.2) is 0 Å². The zero-order chi connectivity index (χ0) is 20.1. The smallest absolute Gasteiger partial charge is 0.133 e. The molecule has 1 heterocycles. The van der Waals surface area contributed by atoms with E-state index in [2.05, 4.69) is 78.4 Å². The van der Waals surface area contributed by atoms with Gasteiger partial charge in [-0.25, -0.2) is 4.98 Å². The van der Waals surface area contributed by atoms with Gasteiger partial charge in [0.05, 0.1) is 17.3 Å². The Labute approximate surface area is 171 Å². The Hall–Kier alpha value is -3.90. The predicted octanol–water partition coefficient (Wildman–Crippen LogP) is 6.28. The van der Waals surface area contributed by atoms with Crippen molar-refractivity contribution >= 4 is 12.2 Å². The van der Waals surface area contributed by atoms with Crippen LogP contribution in [0.15, 0.2) is 85.1 Å². The summed E-state index contributed by atoms with van der Waals surface area (Å²) in [5.74, 6) is 0.916. The van der Waals surface area contributed by atoms with Gasteiger partial charge >= 0.3 is 0 Å². The highest BCUT2D eigenvalue weighted by Crippen LogP contribution is 2.22. The van der Waals surface area contributed by atoms with Crippen LogP contribution >= 0.6 is 0 Å². The molecule has 0 aliphatic rings. The number of aryl methyl sites for hydroxylation is 1. The first-order valence-corrected chi connectivity index (χ1v) is 9.68. The highest BCUT2D eigenvalue weighted by Gasteiger charge is 2.07. The Morgan fingerprint density at radius 3 is 2.14 bits per heavy atom. The average molecular weight is 375 g/mol. The Morgan fingerprint density at radius 1 is 0.828 bits per heavy atom. The number of nitriles is 1. The van der Waals surface area contributed by atoms with Gasteiger partial charge in [-0.2, -0.15) is 5.26 Å². The first-order valence-electron chi connectivity index (χ1n) is 9.68. The fraction of sp³-hybridized carbons (Fsp3) is 0.0769. The molecule has 3 nitrogen and oxygen atoms in total. The molecule has 0 bridgehead atoms. The fourth-order valence-corrected chi connectivity index (χ4v) is 3.26. The molecule has 0 aliphatic carbocycles. The third-order valence-corrected chi connectivity index (χ3v) is 4.90. The van der Waals surface area contributed by atoms with E-state index in [0.29, 0.717) is 5.56 Å². The summed E-state index contributed by atoms with van der Waals surface area (Å²) >= 11 is 0. The lowest BCUT2D eigenvalue weighted by atomic mass is 10.0. The van der Waals surface area contributed by atoms with Crippen molar-refractivity contribution in [3.8, 4) is 28.5 Å². The molecule has 0 fully saturated rings. The lowest BCUT2D eigenvalue weighted by Gasteiger charge is -2.02. The van der Waals surface area contributed by atoms with Gasteiger partial charge in [0.2, 0.25) is 0 Å². The largest absolute Gasteiger partial charge is 0.331 e. The maximum Gasteiger partial charge on any atom is 0.133 e. The van der Waals surface area contributed by atoms with E-state index in [9.17, 15) is 0 Å². The zero-order valence-electron chi connectivity index (χ0n) is 16.3. The van der Waals surface area contributed by atoms with Crippen molar-refractivity contribution in [1.82, 2.24) is 9.55 Å². The molecule has 4 aromatic rings. The normalized spacial score (nSPS) is 10.9. The van der Waals surface area contributed by atoms with Gasteiger partial charge in [-0.15, -0.1) is 0 Å². The molecule has 3 heteroatoms. The first kappa shape index (κ1) is 18.5. The van der Waals surface area contributed by atoms with Crippen molar-refractivity contribution in [2.24, 2.45) is 0 Å². The highest BCUT2D eigenvalue weighted by atomic mass is 15.1. The minimum atomic E-state index is 0.655. The number of imidazole rings is 1. The van der Waals surface area contributed by atoms with E-state index in [1.165, 1.54) is 11.1 Å². The lowest BCUT2D eigenvalue weighted by molar-refractivity contribution is 0.753. The van der Waals surface area contributed by atoms with E-state index in [1.807, 2.05) is 36.4 Å². The standard InChI is InChI=1S/C26H21N3/c1-2-29-19-25(24-15-10-21(18-27)11-16-24)28-26(29)17-12-20-8-13-23(14-9-20)22-6-4-3-5-7-22/h3-17,19H,2H2,1H3/b17-12+. The molecule has 4 rings (SSSR count). The van der Waals surface area contributed by atoms with Crippen LogP contribution in [0.3, 0.4) is 0 Å². The SMILES string of the molecule is CCn1cc(-c2ccc(C#N)cc2)nc1/C=C/c1ccc(-c2ccccc2)cc1. The molecule has 0 unspecified atom stereocenters. The molecule has 29 heavy (non-hydrogen) atoms. The summed E-state index contributed by atoms with van der Waals surface area (Å²) in [4.78, 5) is 4.78. The molecular formula is C26H21N3. The van der Waals surface area contributed by atoms with Crippen LogP contribution in [-0.2, 0) is 6.54 Å². The van der Waals surface area contributed by atoms with Gasteiger partial charge in [-0.05, 0) is 41.8 Å². The second-order valence-corrected chi connectivity index (χ2v) is 6.78. The van der Waals surface area contributed by atoms with E-state index in [1.54, 1.807) is 0 Å². The number of aromatic nitrogens is 2. The van der Waals surface area contributed by atoms with Gasteiger partial charge in [-0.3, -0.25) is 0 Å². The van der Waals surface area contributed by atoms with Crippen molar-refractivity contribution < 1.29 is 0 Å². The van der Waals surface area contributed by atoms with Crippen LogP contribution in [-0.4, -0.2) is 9.55 Å². The summed E-state index contributed by atoms with van der Waals surface area (Å²) in [5, 5.41) is 8.97. The molecule has 140 valence electrons. The van der Waals surface area contributed by atoms with Crippen molar-refractivity contribution in [3.63, 3.8) is 0 Å². The molecule has 1 aromatic heterocycles. The molecular weight excluding hydrogens is 354 g/mol. The predicted molar refractivity (Wildman–Crippen MR) is 119 cm³/mol. The summed E-state index contributed by atoms with van der Waals surface area (Å²) < 4.78 is 2.13. The van der Waals surface area contributed by atoms with Crippen LogP contribution in [0.25, 0.3) is 34.5 Å². The molecule has 0 spiro atoms. The second kappa shape index (κ2) is 8.41. The molecule has 0 saturated carbocycles. The van der Waals surface area contributed by atoms with E-state index in [4.69, 9.17) is 10.2 Å². The maximum absolute atomic E-state index is 8.97. The Balaban J connectivity index is 1.56. The van der Waals surface area contributed by atoms with Gasteiger partial charge in [-0.1, -0.05) is 72.8 Å². The van der Waals surface area contributed by atoms with Gasteiger partial charge in [0, 0.05) is 18.3 Å². The van der Waals surface area contributed by atoms with Gasteiger partial charge < -0.3 is 4.57 Å². The maximum atomic E-state index is 8.97. The Kier molecular flexibility index (Phi) is 5.36. The van der Waals surface area contributed by atoms with Crippen LogP contribution in [0.1, 0.15) is 23.9 Å². The third-order valence-electron chi connectivity index (χ3n) is 4.90. The van der Waals surface area contributed by atoms with Crippen LogP contribution in [0.4, 0.5) is 0 Å². The van der Waals surface area contributed by atoms with Crippen molar-refractivity contribution in [3.05, 3.63) is 102 Å². The summed E-state index contributed by atoms with van der Waals surface area (Å²) in [6.45, 7) is 2.95. The molecule has 0 radical (unpaired) electrons. The fourth-order valence-electron chi connectivity index (χ4n) is 3.26. The van der Waals surface area contributed by atoms with Crippen LogP contribution in [0, 0.1) is 11.3 Å². The van der Waals surface area contributed by atoms with Gasteiger partial charge in [0.25, 0.3) is 0 Å². The summed E-state index contributed by atoms with van der Waals surface area (Å²) in [5.41, 5.74) is 6.14. The number of hydrogen-bond donors (Lipinski definition) is 0. The number of rotatable bonds is 5. The second-order valence-electron chi connectivity index (χ2n) is 6.78. The van der Waals surface area contributed by atoms with Crippen LogP contribution in [0.5, 0.6) is 0 Å². The minimum Gasteiger partial charge on any atom is -0.331 e.